The lowest BCUT2D eigenvalue weighted by molar-refractivity contribution is -0.384. The Morgan fingerprint density at radius 1 is 0.487 bits per heavy atom. The quantitative estimate of drug-likeness (QED) is 0.0139. The van der Waals surface area contributed by atoms with Crippen molar-refractivity contribution in [1.29, 1.82) is 0 Å². The maximum atomic E-state index is 12.3. The molecule has 2 aromatic carbocycles. The number of aliphatic carboxylic acids is 8. The second kappa shape index (κ2) is 46.6. The number of imide groups is 1. The molecule has 10 aromatic rings. The number of esters is 1. The highest BCUT2D eigenvalue weighted by molar-refractivity contribution is 6.32. The zero-order chi connectivity index (χ0) is 86.6. The van der Waals surface area contributed by atoms with Gasteiger partial charge in [0.25, 0.3) is 17.5 Å². The van der Waals surface area contributed by atoms with Gasteiger partial charge in [-0.3, -0.25) is 109 Å². The monoisotopic (exact) mass is 1650 g/mol. The first-order valence-electron chi connectivity index (χ1n) is 35.4. The van der Waals surface area contributed by atoms with Gasteiger partial charge in [-0.1, -0.05) is 77.6 Å². The summed E-state index contributed by atoms with van der Waals surface area (Å²) in [6.45, 7) is 15.3. The Morgan fingerprint density at radius 3 is 1.30 bits per heavy atom. The molecule has 1 aliphatic carbocycles. The maximum absolute atomic E-state index is 12.3. The Bertz CT molecular complexity index is 4900. The molecule has 12 rings (SSSR count). The number of carbonyl (C=O) groups is 11. The van der Waals surface area contributed by atoms with Gasteiger partial charge >= 0.3 is 53.7 Å². The number of nitro groups is 1. The minimum atomic E-state index is -1.05. The standard InChI is InChI=1S/C15H14N4O4.C10H7ClN4O4.C10H15N3O2.C8H11N3O4.C8H13N3O2.C7H11N3O2.2C5H7N3O2/c1-8(13-16-11(17-18-13)6-12(20)21)7-19-14(22)9-4-2-3-5-10(9)15(19)23;11-6-2-1-5(3-7(6)15(18)19)10-12-8(13-14-10)4-9(16)17;14-9(15)6-8-11-10(13-12-8)7-4-2-1-3-5-7;1-2-15-8(14)4-6-9-5(10-11-6)3-7(12)13;1-3-5(2)8-9-6(10-11-8)4-7(12)13;1-4(2)7-8-5(9-10-7)3-6(11)12;2*1-3-6-4(8-7-3)2-5(9)10/h2-5,8H,6-7H2,1H3,(H,20,21)(H,16,17,18);1-3H,4H2,(H,16,17)(H,12,13,14);7H,1-6H2,(H,14,15)(H,11,12,13);2-4H2,1H3,(H,12,13)(H,9,10,11);5H,3-4H2,1-2H3,(H,12,13)(H,9,10,11);4H,3H2,1-2H3,(H,11,12)(H,8,9,10);2*2H2,1H3,(H,9,10)(H,6,7,8). The molecule has 1 saturated carbocycles. The number of nitrogens with one attached hydrogen (secondary N) is 8. The van der Waals surface area contributed by atoms with Crippen LogP contribution in [0, 0.1) is 24.0 Å². The Morgan fingerprint density at radius 2 is 0.880 bits per heavy atom. The van der Waals surface area contributed by atoms with E-state index in [2.05, 4.69) is 126 Å². The normalized spacial score (nSPS) is 12.3. The minimum Gasteiger partial charge on any atom is -0.481 e. The first-order valence-corrected chi connectivity index (χ1v) is 35.8. The fraction of sp³-hybridized carbons (Fsp3) is 0.426. The molecule has 0 radical (unpaired) electrons. The molecular weight excluding hydrogens is 1570 g/mol. The van der Waals surface area contributed by atoms with E-state index in [1.165, 1.54) is 42.4 Å². The van der Waals surface area contributed by atoms with Crippen molar-refractivity contribution in [2.45, 2.75) is 175 Å². The van der Waals surface area contributed by atoms with Gasteiger partial charge in [-0.2, -0.15) is 40.8 Å². The van der Waals surface area contributed by atoms with Crippen molar-refractivity contribution >= 4 is 82.8 Å². The van der Waals surface area contributed by atoms with Crippen LogP contribution >= 0.6 is 11.6 Å². The van der Waals surface area contributed by atoms with E-state index in [4.69, 9.17) is 52.5 Å². The number of ether oxygens (including phenoxy) is 1. The summed E-state index contributed by atoms with van der Waals surface area (Å²) in [5.74, 6) is -1.28. The summed E-state index contributed by atoms with van der Waals surface area (Å²) < 4.78 is 4.69. The molecule has 8 aromatic heterocycles. The molecule has 626 valence electrons. The van der Waals surface area contributed by atoms with E-state index in [-0.39, 0.29) is 134 Å². The number of nitro benzene ring substituents is 1. The Kier molecular flexibility index (Phi) is 37.1. The van der Waals surface area contributed by atoms with Crippen molar-refractivity contribution < 1.29 is 103 Å². The molecule has 48 nitrogen and oxygen atoms in total. The number of fused-ring (bicyclic) bond motifs is 1. The number of nitrogens with zero attached hydrogens (tertiary/aromatic N) is 18. The molecule has 1 aliphatic heterocycles. The van der Waals surface area contributed by atoms with Gasteiger partial charge in [0.15, 0.2) is 46.6 Å². The lowest BCUT2D eigenvalue weighted by atomic mass is 9.89. The van der Waals surface area contributed by atoms with E-state index in [1.807, 2.05) is 27.7 Å². The third-order valence-corrected chi connectivity index (χ3v) is 15.8. The Balaban J connectivity index is 0.000000242. The predicted molar refractivity (Wildman–Crippen MR) is 398 cm³/mol. The summed E-state index contributed by atoms with van der Waals surface area (Å²) in [4.78, 5) is 161. The van der Waals surface area contributed by atoms with Crippen molar-refractivity contribution in [1.82, 2.24) is 126 Å². The largest absolute Gasteiger partial charge is 0.481 e. The Labute approximate surface area is 665 Å². The zero-order valence-electron chi connectivity index (χ0n) is 64.1. The number of amides is 2. The predicted octanol–water partition coefficient (Wildman–Crippen LogP) is 4.49. The van der Waals surface area contributed by atoms with Gasteiger partial charge in [-0.25, -0.2) is 39.9 Å². The number of aromatic amines is 8. The molecule has 1 fully saturated rings. The lowest BCUT2D eigenvalue weighted by Gasteiger charge is -2.17. The molecule has 2 unspecified atom stereocenters. The molecule has 9 heterocycles. The van der Waals surface area contributed by atoms with Crippen LogP contribution in [0.25, 0.3) is 11.4 Å². The van der Waals surface area contributed by atoms with Gasteiger partial charge in [0.2, 0.25) is 0 Å². The van der Waals surface area contributed by atoms with Gasteiger partial charge in [-0.15, -0.1) is 0 Å². The number of carbonyl (C=O) groups excluding carboxylic acids is 3. The van der Waals surface area contributed by atoms with Crippen LogP contribution in [-0.2, 0) is 106 Å². The third-order valence-electron chi connectivity index (χ3n) is 15.4. The highest BCUT2D eigenvalue weighted by Crippen LogP contribution is 2.31. The van der Waals surface area contributed by atoms with Crippen LogP contribution < -0.4 is 0 Å². The number of benzene rings is 2. The second-order valence-electron chi connectivity index (χ2n) is 25.5. The van der Waals surface area contributed by atoms with E-state index in [0.717, 1.165) is 25.1 Å². The van der Waals surface area contributed by atoms with Crippen molar-refractivity contribution in [2.75, 3.05) is 13.2 Å². The molecular formula is C68H85ClN26O22. The summed E-state index contributed by atoms with van der Waals surface area (Å²) >= 11 is 5.68. The number of carboxylic acid groups (broad SMARTS) is 8. The van der Waals surface area contributed by atoms with Crippen LogP contribution in [0.15, 0.2) is 42.5 Å². The number of H-pyrrole nitrogens is 8. The van der Waals surface area contributed by atoms with Crippen LogP contribution in [0.4, 0.5) is 5.69 Å². The summed E-state index contributed by atoms with van der Waals surface area (Å²) in [5, 5.41) is 130. The summed E-state index contributed by atoms with van der Waals surface area (Å²) in [7, 11) is 0. The summed E-state index contributed by atoms with van der Waals surface area (Å²) in [6, 6.07) is 10.8. The lowest BCUT2D eigenvalue weighted by Crippen LogP contribution is -2.33. The number of aromatic nitrogens is 24. The first kappa shape index (κ1) is 93.2. The van der Waals surface area contributed by atoms with Gasteiger partial charge in [0, 0.05) is 41.8 Å². The topological polar surface area (TPSA) is 738 Å². The van der Waals surface area contributed by atoms with Crippen molar-refractivity contribution in [3.05, 3.63) is 156 Å². The van der Waals surface area contributed by atoms with Crippen LogP contribution in [-0.4, -0.2) is 251 Å². The van der Waals surface area contributed by atoms with E-state index >= 15 is 0 Å². The van der Waals surface area contributed by atoms with E-state index in [0.29, 0.717) is 87.5 Å². The van der Waals surface area contributed by atoms with E-state index in [1.54, 1.807) is 52.0 Å². The fourth-order valence-corrected chi connectivity index (χ4v) is 10.1. The smallest absolute Gasteiger partial charge is 0.313 e. The maximum Gasteiger partial charge on any atom is 0.313 e. The molecule has 117 heavy (non-hydrogen) atoms. The summed E-state index contributed by atoms with van der Waals surface area (Å²) in [6.07, 6.45) is 5.61. The van der Waals surface area contributed by atoms with Crippen LogP contribution in [0.3, 0.4) is 0 Å². The Hall–Kier alpha value is -14.4. The van der Waals surface area contributed by atoms with Gasteiger partial charge < -0.3 is 45.6 Å². The number of aryl methyl sites for hydroxylation is 2. The van der Waals surface area contributed by atoms with Gasteiger partial charge in [0.05, 0.1) is 22.7 Å². The average molecular weight is 1650 g/mol. The average Bonchev–Trinajstić information content (AvgIpc) is 1.63. The molecule has 2 amide bonds. The van der Waals surface area contributed by atoms with Crippen molar-refractivity contribution in [3.63, 3.8) is 0 Å². The van der Waals surface area contributed by atoms with Crippen molar-refractivity contribution in [3.8, 4) is 11.4 Å². The minimum absolute atomic E-state index is 0.00930. The van der Waals surface area contributed by atoms with E-state index in [9.17, 15) is 62.9 Å². The number of carboxylic acids is 8. The zero-order valence-corrected chi connectivity index (χ0v) is 64.8. The number of rotatable bonds is 28. The molecule has 0 bridgehead atoms. The number of hydrogen-bond acceptors (Lipinski definition) is 30. The molecule has 2 aliphatic rings. The van der Waals surface area contributed by atoms with Crippen LogP contribution in [0.5, 0.6) is 0 Å². The fourth-order valence-electron chi connectivity index (χ4n) is 9.94. The van der Waals surface area contributed by atoms with Gasteiger partial charge in [-0.05, 0) is 64.3 Å². The molecule has 0 spiro atoms. The molecule has 0 saturated heterocycles. The molecule has 2 atom stereocenters. The number of halogens is 1. The summed E-state index contributed by atoms with van der Waals surface area (Å²) in [5.41, 5.74) is 0.908. The van der Waals surface area contributed by atoms with Crippen LogP contribution in [0.1, 0.15) is 212 Å². The SMILES string of the molecule is CC(C)c1n[nH]c(CC(=O)O)n1.CC(CN1C(=O)c2ccccc2C1=O)c1n[nH]c(CC(=O)O)n1.CCC(C)c1n[nH]c(CC(=O)O)n1.CCOC(=O)Cc1n[nH]c(CC(=O)O)n1.Cc1nc(CC(=O)O)n[nH]1.Cc1nc(CC(=O)O)n[nH]1.O=C(O)Cc1nc(-c2ccc(Cl)c([N+](=O)[O-])c2)n[nH]1.O=C(O)Cc1nc(C2CCCCC2)n[nH]1. The van der Waals surface area contributed by atoms with E-state index < -0.39 is 58.6 Å². The van der Waals surface area contributed by atoms with Crippen molar-refractivity contribution in [2.24, 2.45) is 0 Å². The van der Waals surface area contributed by atoms with Gasteiger partial charge in [0.1, 0.15) is 109 Å². The first-order chi connectivity index (χ1) is 55.4. The highest BCUT2D eigenvalue weighted by Gasteiger charge is 2.37. The highest BCUT2D eigenvalue weighted by atomic mass is 35.5. The third kappa shape index (κ3) is 33.1. The number of hydrogen-bond donors (Lipinski definition) is 16. The molecule has 49 heteroatoms. The second-order valence-corrected chi connectivity index (χ2v) is 25.9. The molecule has 16 N–H and O–H groups in total. The van der Waals surface area contributed by atoms with Crippen LogP contribution in [0.2, 0.25) is 5.02 Å².